The predicted octanol–water partition coefficient (Wildman–Crippen LogP) is 7.65. The monoisotopic (exact) mass is 627 g/mol. The van der Waals surface area contributed by atoms with Gasteiger partial charge in [0.2, 0.25) is 0 Å². The number of hydrogen-bond acceptors (Lipinski definition) is 4. The zero-order valence-corrected chi connectivity index (χ0v) is 27.0. The highest BCUT2D eigenvalue weighted by molar-refractivity contribution is 8.03. The number of rotatable bonds is 3. The van der Waals surface area contributed by atoms with Gasteiger partial charge in [0.15, 0.2) is 0 Å². The SMILES string of the molecule is C1=CC2c3ccc4c(c3C=CC2C(C2NC(C3=C5Sc6ccccc6C5CC=C3)NC(c3ccc5ccccc5c3)N2)=C1)=CCCC=4. The van der Waals surface area contributed by atoms with Crippen molar-refractivity contribution in [2.45, 2.75) is 54.5 Å². The molecule has 0 saturated carbocycles. The van der Waals surface area contributed by atoms with E-state index >= 15 is 0 Å². The van der Waals surface area contributed by atoms with E-state index < -0.39 is 0 Å². The molecule has 6 unspecified atom stereocenters. The lowest BCUT2D eigenvalue weighted by molar-refractivity contribution is 0.234. The smallest absolute Gasteiger partial charge is 0.0872 e. The Hall–Kier alpha value is -4.19. The second-order valence-electron chi connectivity index (χ2n) is 13.6. The van der Waals surface area contributed by atoms with Gasteiger partial charge in [0, 0.05) is 27.6 Å². The van der Waals surface area contributed by atoms with Crippen LogP contribution in [0.5, 0.6) is 0 Å². The summed E-state index contributed by atoms with van der Waals surface area (Å²) in [5, 5.41) is 17.5. The first kappa shape index (κ1) is 27.9. The summed E-state index contributed by atoms with van der Waals surface area (Å²) in [5.74, 6) is 1.05. The minimum absolute atomic E-state index is 0.00384. The van der Waals surface area contributed by atoms with Gasteiger partial charge in [-0.15, -0.1) is 0 Å². The van der Waals surface area contributed by atoms with Gasteiger partial charge in [0.05, 0.1) is 18.5 Å². The van der Waals surface area contributed by atoms with Crippen LogP contribution >= 0.6 is 11.8 Å². The highest BCUT2D eigenvalue weighted by Crippen LogP contribution is 2.53. The standard InChI is InChI=1S/C43H37N3S/c1-2-11-28-25-29(20-19-26(28)9-1)41-44-42(46-43(45-41)38-17-8-15-36-35-13-5-6-18-39(35)47-40(36)38)37-16-7-14-31-33-22-21-27-10-3-4-12-30(27)32(33)23-24-34(31)37/h1-2,5-14,16-25,31,34,36,41-46H,3-4,15H2. The third-order valence-electron chi connectivity index (χ3n) is 11.0. The zero-order valence-electron chi connectivity index (χ0n) is 26.2. The predicted molar refractivity (Wildman–Crippen MR) is 196 cm³/mol. The summed E-state index contributed by atoms with van der Waals surface area (Å²) in [5.41, 5.74) is 8.35. The van der Waals surface area contributed by atoms with E-state index in [0.717, 1.165) is 19.3 Å². The number of nitrogens with one attached hydrogen (secondary N) is 3. The Kier molecular flexibility index (Phi) is 6.65. The lowest BCUT2D eigenvalue weighted by Crippen LogP contribution is -2.65. The molecule has 47 heavy (non-hydrogen) atoms. The largest absolute Gasteiger partial charge is 0.279 e. The van der Waals surface area contributed by atoms with Gasteiger partial charge in [-0.2, -0.15) is 0 Å². The Morgan fingerprint density at radius 2 is 1.53 bits per heavy atom. The first-order valence-electron chi connectivity index (χ1n) is 17.1. The summed E-state index contributed by atoms with van der Waals surface area (Å²) in [6.45, 7) is 0. The Labute approximate surface area is 280 Å². The number of hydrogen-bond donors (Lipinski definition) is 3. The molecule has 4 heteroatoms. The molecule has 3 N–H and O–H groups in total. The summed E-state index contributed by atoms with van der Waals surface area (Å²) >= 11 is 1.96. The number of benzene rings is 4. The van der Waals surface area contributed by atoms with Crippen molar-refractivity contribution in [2.75, 3.05) is 0 Å². The van der Waals surface area contributed by atoms with Gasteiger partial charge in [0.25, 0.3) is 0 Å². The molecule has 1 fully saturated rings. The summed E-state index contributed by atoms with van der Waals surface area (Å²) in [7, 11) is 0. The lowest BCUT2D eigenvalue weighted by atomic mass is 9.72. The van der Waals surface area contributed by atoms with E-state index in [1.54, 1.807) is 0 Å². The first-order valence-corrected chi connectivity index (χ1v) is 17.9. The summed E-state index contributed by atoms with van der Waals surface area (Å²) in [6.07, 6.45) is 24.8. The van der Waals surface area contributed by atoms with Crippen molar-refractivity contribution in [3.63, 3.8) is 0 Å². The van der Waals surface area contributed by atoms with E-state index in [9.17, 15) is 0 Å². The second kappa shape index (κ2) is 11.2. The van der Waals surface area contributed by atoms with Crippen molar-refractivity contribution < 1.29 is 0 Å². The van der Waals surface area contributed by atoms with E-state index in [-0.39, 0.29) is 24.4 Å². The third-order valence-corrected chi connectivity index (χ3v) is 12.3. The van der Waals surface area contributed by atoms with Crippen LogP contribution in [0.1, 0.15) is 59.5 Å². The Balaban J connectivity index is 1.05. The minimum atomic E-state index is -0.0196. The van der Waals surface area contributed by atoms with Gasteiger partial charge in [-0.05, 0) is 86.0 Å². The molecule has 0 spiro atoms. The molecule has 2 aliphatic heterocycles. The average Bonchev–Trinajstić information content (AvgIpc) is 3.53. The van der Waals surface area contributed by atoms with E-state index in [1.807, 2.05) is 11.8 Å². The third kappa shape index (κ3) is 4.62. The van der Waals surface area contributed by atoms with Crippen LogP contribution in [0.15, 0.2) is 136 Å². The maximum atomic E-state index is 4.08. The topological polar surface area (TPSA) is 36.1 Å². The molecule has 4 aromatic carbocycles. The van der Waals surface area contributed by atoms with Crippen LogP contribution in [0.3, 0.4) is 0 Å². The highest BCUT2D eigenvalue weighted by atomic mass is 32.2. The number of allylic oxidation sites excluding steroid dienone is 6. The maximum absolute atomic E-state index is 4.08. The maximum Gasteiger partial charge on any atom is 0.0872 e. The van der Waals surface area contributed by atoms with E-state index in [4.69, 9.17) is 0 Å². The van der Waals surface area contributed by atoms with Gasteiger partial charge in [-0.25, -0.2) is 0 Å². The van der Waals surface area contributed by atoms with Crippen molar-refractivity contribution >= 4 is 40.8 Å². The molecule has 2 heterocycles. The highest BCUT2D eigenvalue weighted by Gasteiger charge is 2.40. The quantitative estimate of drug-likeness (QED) is 0.218. The lowest BCUT2D eigenvalue weighted by Gasteiger charge is -2.44. The van der Waals surface area contributed by atoms with Gasteiger partial charge < -0.3 is 0 Å². The molecule has 0 radical (unpaired) electrons. The van der Waals surface area contributed by atoms with Crippen LogP contribution in [0.4, 0.5) is 0 Å². The van der Waals surface area contributed by atoms with E-state index in [2.05, 4.69) is 149 Å². The van der Waals surface area contributed by atoms with Crippen LogP contribution in [0, 0.1) is 5.92 Å². The van der Waals surface area contributed by atoms with Crippen molar-refractivity contribution in [3.05, 3.63) is 164 Å². The molecule has 0 amide bonds. The molecular formula is C43H37N3S. The fraction of sp³-hybridized carbons (Fsp3) is 0.209. The molecule has 6 aliphatic rings. The van der Waals surface area contributed by atoms with Gasteiger partial charge in [0.1, 0.15) is 0 Å². The summed E-state index contributed by atoms with van der Waals surface area (Å²) in [6, 6.07) is 29.3. The van der Waals surface area contributed by atoms with Crippen molar-refractivity contribution in [1.82, 2.24) is 16.0 Å². The van der Waals surface area contributed by atoms with Crippen LogP contribution in [-0.2, 0) is 0 Å². The van der Waals surface area contributed by atoms with Crippen LogP contribution in [-0.4, -0.2) is 12.3 Å². The molecule has 10 rings (SSSR count). The van der Waals surface area contributed by atoms with Crippen molar-refractivity contribution in [3.8, 4) is 0 Å². The Morgan fingerprint density at radius 3 is 2.51 bits per heavy atom. The number of thioether (sulfide) groups is 1. The van der Waals surface area contributed by atoms with E-state index in [1.165, 1.54) is 64.4 Å². The number of fused-ring (bicyclic) bond motifs is 9. The van der Waals surface area contributed by atoms with Crippen LogP contribution in [0.25, 0.3) is 29.0 Å². The molecule has 0 aromatic heterocycles. The van der Waals surface area contributed by atoms with Crippen molar-refractivity contribution in [2.24, 2.45) is 5.92 Å². The Morgan fingerprint density at radius 1 is 0.681 bits per heavy atom. The van der Waals surface area contributed by atoms with Gasteiger partial charge in [-0.1, -0.05) is 133 Å². The molecule has 0 bridgehead atoms. The fourth-order valence-corrected chi connectivity index (χ4v) is 10.1. The average molecular weight is 628 g/mol. The van der Waals surface area contributed by atoms with E-state index in [0.29, 0.717) is 11.8 Å². The molecular weight excluding hydrogens is 591 g/mol. The summed E-state index contributed by atoms with van der Waals surface area (Å²) in [4.78, 5) is 2.88. The fourth-order valence-electron chi connectivity index (χ4n) is 8.69. The molecule has 1 saturated heterocycles. The first-order chi connectivity index (χ1) is 23.3. The molecule has 4 aromatic rings. The normalized spacial score (nSPS) is 28.4. The van der Waals surface area contributed by atoms with Crippen LogP contribution in [0.2, 0.25) is 0 Å². The van der Waals surface area contributed by atoms with Gasteiger partial charge >= 0.3 is 0 Å². The molecule has 4 aliphatic carbocycles. The van der Waals surface area contributed by atoms with Crippen molar-refractivity contribution in [1.29, 1.82) is 0 Å². The molecule has 230 valence electrons. The minimum Gasteiger partial charge on any atom is -0.279 e. The summed E-state index contributed by atoms with van der Waals surface area (Å²) < 4.78 is 0. The second-order valence-corrected chi connectivity index (χ2v) is 14.7. The molecule has 3 nitrogen and oxygen atoms in total. The molecule has 6 atom stereocenters. The van der Waals surface area contributed by atoms with Crippen LogP contribution < -0.4 is 26.4 Å². The Bertz CT molecular complexity index is 2240. The zero-order chi connectivity index (χ0) is 30.9. The van der Waals surface area contributed by atoms with Gasteiger partial charge in [-0.3, -0.25) is 16.0 Å².